The molecule has 0 saturated heterocycles. The van der Waals surface area contributed by atoms with Crippen LogP contribution < -0.4 is 15.0 Å². The molecule has 9 rings (SSSR count). The summed E-state index contributed by atoms with van der Waals surface area (Å²) in [5.74, 6) is 0.887. The molecular weight excluding hydrogens is 572 g/mol. The molecule has 0 saturated carbocycles. The zero-order valence-corrected chi connectivity index (χ0v) is 26.4. The summed E-state index contributed by atoms with van der Waals surface area (Å²) < 4.78 is 6.41. The van der Waals surface area contributed by atoms with Gasteiger partial charge in [-0.15, -0.1) is 0 Å². The number of hydrogen-bond acceptors (Lipinski definition) is 3. The average Bonchev–Trinajstić information content (AvgIpc) is 3.66. The van der Waals surface area contributed by atoms with Crippen LogP contribution in [0.1, 0.15) is 36.8 Å². The van der Waals surface area contributed by atoms with Crippen molar-refractivity contribution in [3.05, 3.63) is 174 Å². The van der Waals surface area contributed by atoms with Gasteiger partial charge < -0.3 is 15.0 Å². The summed E-state index contributed by atoms with van der Waals surface area (Å²) in [7, 11) is 0. The molecule has 0 spiro atoms. The van der Waals surface area contributed by atoms with Gasteiger partial charge in [0.05, 0.1) is 5.69 Å². The molecule has 1 unspecified atom stereocenters. The van der Waals surface area contributed by atoms with Crippen LogP contribution in [0, 0.1) is 0 Å². The van der Waals surface area contributed by atoms with E-state index < -0.39 is 0 Å². The van der Waals surface area contributed by atoms with E-state index in [1.807, 2.05) is 0 Å². The highest BCUT2D eigenvalue weighted by Crippen LogP contribution is 2.51. The van der Waals surface area contributed by atoms with E-state index in [4.69, 9.17) is 4.74 Å². The highest BCUT2D eigenvalue weighted by atomic mass is 16.5. The Morgan fingerprint density at radius 2 is 1.26 bits per heavy atom. The van der Waals surface area contributed by atoms with Crippen LogP contribution in [-0.4, -0.2) is 0 Å². The summed E-state index contributed by atoms with van der Waals surface area (Å²) in [6, 6.07) is 56.6. The Bertz CT molecular complexity index is 2290. The molecule has 0 bridgehead atoms. The number of rotatable bonds is 5. The van der Waals surface area contributed by atoms with Gasteiger partial charge in [0.2, 0.25) is 0 Å². The van der Waals surface area contributed by atoms with Gasteiger partial charge in [-0.25, -0.2) is 0 Å². The molecule has 1 aliphatic carbocycles. The van der Waals surface area contributed by atoms with Crippen LogP contribution in [0.3, 0.4) is 0 Å². The van der Waals surface area contributed by atoms with Crippen molar-refractivity contribution in [2.24, 2.45) is 0 Å². The largest absolute Gasteiger partial charge is 0.464 e. The minimum atomic E-state index is -0.251. The predicted octanol–water partition coefficient (Wildman–Crippen LogP) is 11.8. The van der Waals surface area contributed by atoms with Crippen molar-refractivity contribution in [1.82, 2.24) is 0 Å². The fourth-order valence-corrected chi connectivity index (χ4v) is 7.49. The van der Waals surface area contributed by atoms with Crippen molar-refractivity contribution in [1.29, 1.82) is 0 Å². The van der Waals surface area contributed by atoms with Gasteiger partial charge in [-0.3, -0.25) is 0 Å². The first-order chi connectivity index (χ1) is 23.0. The lowest BCUT2D eigenvalue weighted by molar-refractivity contribution is 0.260. The molecule has 3 heteroatoms. The fraction of sp³-hybridized carbons (Fsp3) is 0.0909. The van der Waals surface area contributed by atoms with E-state index in [0.29, 0.717) is 0 Å². The lowest BCUT2D eigenvalue weighted by Gasteiger charge is -2.28. The standard InChI is InChI=1S/C44H34N2O/c1-44(2)39-18-9-8-17-37(39)38-28-35(24-25-40(38)44)46(34-15-10-14-32(27-34)29-11-4-3-5-12-29)33-22-19-31(20-23-33)43-45-42-36-16-7-6-13-30(36)21-26-41(42)47-43/h3-28,43,45H,1-2H3. The summed E-state index contributed by atoms with van der Waals surface area (Å²) in [5, 5.41) is 6.02. The molecule has 1 N–H and O–H groups in total. The molecule has 0 fully saturated rings. The molecule has 3 nitrogen and oxygen atoms in total. The van der Waals surface area contributed by atoms with Crippen molar-refractivity contribution in [3.63, 3.8) is 0 Å². The molecule has 1 atom stereocenters. The first-order valence-corrected chi connectivity index (χ1v) is 16.3. The normalized spacial score (nSPS) is 15.3. The molecule has 2 aliphatic rings. The number of hydrogen-bond donors (Lipinski definition) is 1. The molecular formula is C44H34N2O. The number of fused-ring (bicyclic) bond motifs is 6. The predicted molar refractivity (Wildman–Crippen MR) is 195 cm³/mol. The molecule has 0 aromatic heterocycles. The topological polar surface area (TPSA) is 24.5 Å². The molecule has 1 aliphatic heterocycles. The van der Waals surface area contributed by atoms with E-state index in [1.54, 1.807) is 0 Å². The Kier molecular flexibility index (Phi) is 6.23. The highest BCUT2D eigenvalue weighted by Gasteiger charge is 2.35. The van der Waals surface area contributed by atoms with Crippen LogP contribution in [-0.2, 0) is 5.41 Å². The van der Waals surface area contributed by atoms with Crippen molar-refractivity contribution >= 4 is 33.5 Å². The van der Waals surface area contributed by atoms with Crippen LogP contribution in [0.2, 0.25) is 0 Å². The number of nitrogens with one attached hydrogen (secondary N) is 1. The lowest BCUT2D eigenvalue weighted by atomic mass is 9.82. The van der Waals surface area contributed by atoms with E-state index in [0.717, 1.165) is 34.1 Å². The quantitative estimate of drug-likeness (QED) is 0.211. The van der Waals surface area contributed by atoms with Gasteiger partial charge in [0.25, 0.3) is 0 Å². The number of nitrogens with zero attached hydrogens (tertiary/aromatic N) is 1. The van der Waals surface area contributed by atoms with Crippen LogP contribution >= 0.6 is 0 Å². The van der Waals surface area contributed by atoms with E-state index in [1.165, 1.54) is 44.2 Å². The highest BCUT2D eigenvalue weighted by molar-refractivity contribution is 5.98. The van der Waals surface area contributed by atoms with Crippen LogP contribution in [0.4, 0.5) is 22.7 Å². The number of anilines is 4. The van der Waals surface area contributed by atoms with Gasteiger partial charge in [-0.2, -0.15) is 0 Å². The zero-order chi connectivity index (χ0) is 31.5. The van der Waals surface area contributed by atoms with Gasteiger partial charge >= 0.3 is 0 Å². The smallest absolute Gasteiger partial charge is 0.196 e. The molecule has 7 aromatic carbocycles. The number of benzene rings is 7. The third-order valence-corrected chi connectivity index (χ3v) is 9.90. The SMILES string of the molecule is CC1(C)c2ccccc2-c2cc(N(c3ccc(C4Nc5c(ccc6ccccc56)O4)cc3)c3cccc(-c4ccccc4)c3)ccc21. The second kappa shape index (κ2) is 10.6. The summed E-state index contributed by atoms with van der Waals surface area (Å²) in [6.07, 6.45) is -0.251. The molecule has 0 radical (unpaired) electrons. The third-order valence-electron chi connectivity index (χ3n) is 9.90. The van der Waals surface area contributed by atoms with Gasteiger partial charge in [0.15, 0.2) is 6.23 Å². The van der Waals surface area contributed by atoms with Crippen molar-refractivity contribution in [2.45, 2.75) is 25.5 Å². The Hall–Kier alpha value is -5.80. The summed E-state index contributed by atoms with van der Waals surface area (Å²) in [4.78, 5) is 2.37. The first-order valence-electron chi connectivity index (χ1n) is 16.3. The maximum Gasteiger partial charge on any atom is 0.196 e. The minimum absolute atomic E-state index is 0.0403. The van der Waals surface area contributed by atoms with Crippen molar-refractivity contribution in [2.75, 3.05) is 10.2 Å². The maximum atomic E-state index is 6.41. The molecule has 47 heavy (non-hydrogen) atoms. The van der Waals surface area contributed by atoms with E-state index in [9.17, 15) is 0 Å². The van der Waals surface area contributed by atoms with Gasteiger partial charge in [-0.05, 0) is 81.2 Å². The Morgan fingerprint density at radius 3 is 2.13 bits per heavy atom. The second-order valence-electron chi connectivity index (χ2n) is 13.0. The zero-order valence-electron chi connectivity index (χ0n) is 26.4. The molecule has 226 valence electrons. The van der Waals surface area contributed by atoms with Crippen molar-refractivity contribution in [3.8, 4) is 28.0 Å². The van der Waals surface area contributed by atoms with Gasteiger partial charge in [0, 0.05) is 33.4 Å². The number of ether oxygens (including phenoxy) is 1. The molecule has 1 heterocycles. The van der Waals surface area contributed by atoms with Crippen molar-refractivity contribution < 1.29 is 4.74 Å². The maximum absolute atomic E-state index is 6.41. The van der Waals surface area contributed by atoms with E-state index in [2.05, 4.69) is 182 Å². The summed E-state index contributed by atoms with van der Waals surface area (Å²) in [5.41, 5.74) is 13.2. The average molecular weight is 607 g/mol. The first kappa shape index (κ1) is 27.5. The molecule has 7 aromatic rings. The summed E-state index contributed by atoms with van der Waals surface area (Å²) >= 11 is 0. The minimum Gasteiger partial charge on any atom is -0.464 e. The van der Waals surface area contributed by atoms with Crippen LogP contribution in [0.25, 0.3) is 33.0 Å². The van der Waals surface area contributed by atoms with Crippen LogP contribution in [0.5, 0.6) is 5.75 Å². The Balaban J connectivity index is 1.13. The Labute approximate surface area is 275 Å². The lowest BCUT2D eigenvalue weighted by Crippen LogP contribution is -2.15. The van der Waals surface area contributed by atoms with E-state index >= 15 is 0 Å². The van der Waals surface area contributed by atoms with Gasteiger partial charge in [-0.1, -0.05) is 129 Å². The van der Waals surface area contributed by atoms with Gasteiger partial charge in [0.1, 0.15) is 5.75 Å². The molecule has 0 amide bonds. The van der Waals surface area contributed by atoms with E-state index in [-0.39, 0.29) is 11.6 Å². The van der Waals surface area contributed by atoms with Crippen LogP contribution in [0.15, 0.2) is 158 Å². The summed E-state index contributed by atoms with van der Waals surface area (Å²) in [6.45, 7) is 4.66. The fourth-order valence-electron chi connectivity index (χ4n) is 7.49. The second-order valence-corrected chi connectivity index (χ2v) is 13.0. The Morgan fingerprint density at radius 1 is 0.553 bits per heavy atom. The third kappa shape index (κ3) is 4.50. The monoisotopic (exact) mass is 606 g/mol.